The van der Waals surface area contributed by atoms with Gasteiger partial charge in [-0.3, -0.25) is 4.31 Å². The van der Waals surface area contributed by atoms with E-state index in [9.17, 15) is 21.6 Å². The van der Waals surface area contributed by atoms with Crippen LogP contribution in [-0.2, 0) is 22.7 Å². The molecule has 0 amide bonds. The zero-order valence-corrected chi connectivity index (χ0v) is 11.5. The summed E-state index contributed by atoms with van der Waals surface area (Å²) in [7, 11) is -3.46. The number of nitrogens with two attached hydrogens (primary N) is 1. The summed E-state index contributed by atoms with van der Waals surface area (Å²) in [5.41, 5.74) is 5.08. The van der Waals surface area contributed by atoms with Crippen molar-refractivity contribution in [2.45, 2.75) is 25.6 Å². The molecule has 0 atom stereocenters. The molecule has 1 fully saturated rings. The van der Waals surface area contributed by atoms with Crippen LogP contribution < -0.4 is 10.0 Å². The number of hydrogen-bond acceptors (Lipinski definition) is 3. The zero-order chi connectivity index (χ0) is 15.0. The number of nitrogens with zero attached hydrogens (tertiary/aromatic N) is 1. The fourth-order valence-electron chi connectivity index (χ4n) is 2.23. The lowest BCUT2D eigenvalue weighted by Crippen LogP contribution is -2.38. The van der Waals surface area contributed by atoms with Gasteiger partial charge in [0.1, 0.15) is 0 Å². The van der Waals surface area contributed by atoms with Crippen LogP contribution in [0.25, 0.3) is 0 Å². The molecule has 1 aliphatic heterocycles. The highest BCUT2D eigenvalue weighted by Gasteiger charge is 2.33. The van der Waals surface area contributed by atoms with Crippen LogP contribution in [0.15, 0.2) is 18.2 Å². The molecule has 0 aromatic heterocycles. The van der Waals surface area contributed by atoms with Gasteiger partial charge in [-0.15, -0.1) is 0 Å². The second-order valence-corrected chi connectivity index (χ2v) is 6.65. The lowest BCUT2D eigenvalue weighted by atomic mass is 10.1. The quantitative estimate of drug-likeness (QED) is 0.910. The molecule has 4 nitrogen and oxygen atoms in total. The van der Waals surface area contributed by atoms with Crippen LogP contribution >= 0.6 is 0 Å². The summed E-state index contributed by atoms with van der Waals surface area (Å²) in [6.45, 7) is 0.131. The van der Waals surface area contributed by atoms with Crippen molar-refractivity contribution in [3.63, 3.8) is 0 Å². The number of hydrogen-bond donors (Lipinski definition) is 1. The number of halogens is 3. The van der Waals surface area contributed by atoms with E-state index in [-0.39, 0.29) is 30.1 Å². The Morgan fingerprint density at radius 2 is 1.95 bits per heavy atom. The van der Waals surface area contributed by atoms with Crippen LogP contribution in [0, 0.1) is 0 Å². The molecule has 0 radical (unpaired) electrons. The van der Waals surface area contributed by atoms with E-state index < -0.39 is 21.8 Å². The summed E-state index contributed by atoms with van der Waals surface area (Å²) < 4.78 is 63.1. The standard InChI is InChI=1S/C12H15F3N2O2S/c13-12(14,15)10-3-4-11(9(7-10)8-16)17-5-1-2-6-20(17,18)19/h3-4,7H,1-2,5-6,8,16H2. The smallest absolute Gasteiger partial charge is 0.326 e. The van der Waals surface area contributed by atoms with Crippen molar-refractivity contribution >= 4 is 15.7 Å². The van der Waals surface area contributed by atoms with E-state index in [1.165, 1.54) is 10.4 Å². The summed E-state index contributed by atoms with van der Waals surface area (Å²) in [4.78, 5) is 0. The third kappa shape index (κ3) is 2.90. The minimum Gasteiger partial charge on any atom is -0.326 e. The average Bonchev–Trinajstić information content (AvgIpc) is 2.36. The van der Waals surface area contributed by atoms with E-state index >= 15 is 0 Å². The molecule has 1 heterocycles. The highest BCUT2D eigenvalue weighted by molar-refractivity contribution is 7.92. The molecule has 0 spiro atoms. The molecule has 0 saturated carbocycles. The summed E-state index contributed by atoms with van der Waals surface area (Å²) in [6, 6.07) is 2.99. The van der Waals surface area contributed by atoms with Crippen molar-refractivity contribution in [2.24, 2.45) is 5.73 Å². The molecular formula is C12H15F3N2O2S. The highest BCUT2D eigenvalue weighted by Crippen LogP contribution is 2.34. The predicted molar refractivity (Wildman–Crippen MR) is 69.7 cm³/mol. The number of rotatable bonds is 2. The predicted octanol–water partition coefficient (Wildman–Crippen LogP) is 2.09. The molecule has 1 aromatic carbocycles. The summed E-state index contributed by atoms with van der Waals surface area (Å²) in [5, 5.41) is 0. The molecule has 0 bridgehead atoms. The Kier molecular flexibility index (Phi) is 3.97. The number of sulfonamides is 1. The van der Waals surface area contributed by atoms with Gasteiger partial charge < -0.3 is 5.73 Å². The van der Waals surface area contributed by atoms with Crippen LogP contribution in [0.2, 0.25) is 0 Å². The zero-order valence-electron chi connectivity index (χ0n) is 10.7. The largest absolute Gasteiger partial charge is 0.416 e. The first-order valence-electron chi connectivity index (χ1n) is 6.16. The summed E-state index contributed by atoms with van der Waals surface area (Å²) in [6.07, 6.45) is -3.22. The monoisotopic (exact) mass is 308 g/mol. The number of anilines is 1. The normalized spacial score (nSPS) is 19.1. The van der Waals surface area contributed by atoms with E-state index in [1.54, 1.807) is 0 Å². The third-order valence-corrected chi connectivity index (χ3v) is 5.10. The molecule has 2 N–H and O–H groups in total. The Morgan fingerprint density at radius 3 is 2.50 bits per heavy atom. The van der Waals surface area contributed by atoms with Gasteiger partial charge in [-0.05, 0) is 36.6 Å². The maximum Gasteiger partial charge on any atom is 0.416 e. The van der Waals surface area contributed by atoms with Gasteiger partial charge in [-0.2, -0.15) is 13.2 Å². The molecule has 1 aliphatic rings. The minimum atomic E-state index is -4.47. The Labute approximate surface area is 115 Å². The first kappa shape index (κ1) is 15.1. The molecule has 0 unspecified atom stereocenters. The lowest BCUT2D eigenvalue weighted by molar-refractivity contribution is -0.137. The second-order valence-electron chi connectivity index (χ2n) is 4.64. The van der Waals surface area contributed by atoms with Crippen molar-refractivity contribution in [1.29, 1.82) is 0 Å². The van der Waals surface area contributed by atoms with Gasteiger partial charge in [-0.1, -0.05) is 0 Å². The van der Waals surface area contributed by atoms with Gasteiger partial charge in [0.2, 0.25) is 10.0 Å². The van der Waals surface area contributed by atoms with Gasteiger partial charge in [0.25, 0.3) is 0 Å². The van der Waals surface area contributed by atoms with E-state index in [0.29, 0.717) is 12.8 Å². The molecular weight excluding hydrogens is 293 g/mol. The SMILES string of the molecule is NCc1cc(C(F)(F)F)ccc1N1CCCCS1(=O)=O. The van der Waals surface area contributed by atoms with Gasteiger partial charge in [0.05, 0.1) is 17.0 Å². The second kappa shape index (κ2) is 5.25. The highest BCUT2D eigenvalue weighted by atomic mass is 32.2. The van der Waals surface area contributed by atoms with Crippen LogP contribution in [-0.4, -0.2) is 20.7 Å². The molecule has 1 saturated heterocycles. The fraction of sp³-hybridized carbons (Fsp3) is 0.500. The average molecular weight is 308 g/mol. The summed E-state index contributed by atoms with van der Waals surface area (Å²) >= 11 is 0. The van der Waals surface area contributed by atoms with Gasteiger partial charge >= 0.3 is 6.18 Å². The Balaban J connectivity index is 2.47. The molecule has 20 heavy (non-hydrogen) atoms. The fourth-order valence-corrected chi connectivity index (χ4v) is 3.90. The van der Waals surface area contributed by atoms with Crippen LogP contribution in [0.5, 0.6) is 0 Å². The Morgan fingerprint density at radius 1 is 1.25 bits per heavy atom. The topological polar surface area (TPSA) is 63.4 Å². The minimum absolute atomic E-state index is 0.0119. The molecule has 2 rings (SSSR count). The van der Waals surface area contributed by atoms with Crippen LogP contribution in [0.4, 0.5) is 18.9 Å². The van der Waals surface area contributed by atoms with E-state index in [4.69, 9.17) is 5.73 Å². The molecule has 0 aliphatic carbocycles. The van der Waals surface area contributed by atoms with Crippen molar-refractivity contribution < 1.29 is 21.6 Å². The summed E-state index contributed by atoms with van der Waals surface area (Å²) in [5.74, 6) is 0.0119. The van der Waals surface area contributed by atoms with Gasteiger partial charge in [0, 0.05) is 13.1 Å². The maximum absolute atomic E-state index is 12.7. The van der Waals surface area contributed by atoms with Crippen LogP contribution in [0.3, 0.4) is 0 Å². The number of alkyl halides is 3. The van der Waals surface area contributed by atoms with E-state index in [1.807, 2.05) is 0 Å². The van der Waals surface area contributed by atoms with Gasteiger partial charge in [-0.25, -0.2) is 8.42 Å². The Hall–Kier alpha value is -1.28. The maximum atomic E-state index is 12.7. The molecule has 8 heteroatoms. The van der Waals surface area contributed by atoms with E-state index in [2.05, 4.69) is 0 Å². The Bertz CT molecular complexity index is 599. The van der Waals surface area contributed by atoms with Crippen molar-refractivity contribution in [2.75, 3.05) is 16.6 Å². The van der Waals surface area contributed by atoms with Crippen LogP contribution in [0.1, 0.15) is 24.0 Å². The van der Waals surface area contributed by atoms with Crippen molar-refractivity contribution in [1.82, 2.24) is 0 Å². The van der Waals surface area contributed by atoms with E-state index in [0.717, 1.165) is 12.1 Å². The number of benzene rings is 1. The third-order valence-electron chi connectivity index (χ3n) is 3.24. The van der Waals surface area contributed by atoms with Crippen molar-refractivity contribution in [3.05, 3.63) is 29.3 Å². The molecule has 1 aromatic rings. The first-order valence-corrected chi connectivity index (χ1v) is 7.77. The van der Waals surface area contributed by atoms with Crippen molar-refractivity contribution in [3.8, 4) is 0 Å². The first-order chi connectivity index (χ1) is 9.25. The van der Waals surface area contributed by atoms with Gasteiger partial charge in [0.15, 0.2) is 0 Å². The molecule has 112 valence electrons. The lowest BCUT2D eigenvalue weighted by Gasteiger charge is -2.30.